The molecule has 0 bridgehead atoms. The summed E-state index contributed by atoms with van der Waals surface area (Å²) in [4.78, 5) is 20.3. The molecule has 2 N–H and O–H groups in total. The molecule has 1 fully saturated rings. The minimum atomic E-state index is 0.125. The monoisotopic (exact) mass is 349 g/mol. The highest BCUT2D eigenvalue weighted by atomic mass is 35.5. The number of carbonyl (C=O) groups excluding carboxylic acids is 1. The number of benzene rings is 1. The lowest BCUT2D eigenvalue weighted by molar-refractivity contribution is -0.132. The van der Waals surface area contributed by atoms with Crippen molar-refractivity contribution in [2.45, 2.75) is 13.0 Å². The lowest BCUT2D eigenvalue weighted by Crippen LogP contribution is -2.48. The summed E-state index contributed by atoms with van der Waals surface area (Å²) in [5, 5.41) is 4.69. The number of piperazine rings is 1. The average molecular weight is 350 g/mol. The van der Waals surface area contributed by atoms with Crippen molar-refractivity contribution in [3.63, 3.8) is 0 Å². The van der Waals surface area contributed by atoms with Crippen molar-refractivity contribution in [3.05, 3.63) is 35.2 Å². The zero-order chi connectivity index (χ0) is 16.9. The molecule has 3 rings (SSSR count). The van der Waals surface area contributed by atoms with E-state index in [4.69, 9.17) is 21.9 Å². The molecule has 0 atom stereocenters. The van der Waals surface area contributed by atoms with E-state index in [0.717, 1.165) is 18.7 Å². The molecule has 24 heavy (non-hydrogen) atoms. The Morgan fingerprint density at radius 3 is 2.58 bits per heavy atom. The first kappa shape index (κ1) is 16.9. The first-order chi connectivity index (χ1) is 11.7. The molecule has 1 saturated heterocycles. The summed E-state index contributed by atoms with van der Waals surface area (Å²) in [5.74, 6) is 1.25. The highest BCUT2D eigenvalue weighted by molar-refractivity contribution is 6.30. The number of hydrogen-bond acceptors (Lipinski definition) is 6. The molecule has 0 spiro atoms. The molecular formula is C16H20ClN5O2. The Kier molecular flexibility index (Phi) is 5.44. The molecule has 0 saturated carbocycles. The number of nitrogens with zero attached hydrogens (tertiary/aromatic N) is 4. The van der Waals surface area contributed by atoms with E-state index < -0.39 is 0 Å². The zero-order valence-electron chi connectivity index (χ0n) is 13.3. The molecule has 0 aliphatic carbocycles. The first-order valence-electron chi connectivity index (χ1n) is 7.94. The Labute approximate surface area is 145 Å². The lowest BCUT2D eigenvalue weighted by Gasteiger charge is -2.33. The van der Waals surface area contributed by atoms with E-state index >= 15 is 0 Å². The maximum Gasteiger partial charge on any atom is 0.241 e. The molecule has 1 aliphatic heterocycles. The fourth-order valence-electron chi connectivity index (χ4n) is 2.66. The smallest absolute Gasteiger partial charge is 0.241 e. The molecule has 1 aliphatic rings. The molecule has 1 amide bonds. The lowest BCUT2D eigenvalue weighted by atomic mass is 10.2. The van der Waals surface area contributed by atoms with Gasteiger partial charge in [-0.2, -0.15) is 4.98 Å². The Bertz CT molecular complexity index is 680. The maximum atomic E-state index is 11.8. The van der Waals surface area contributed by atoms with Gasteiger partial charge in [-0.15, -0.1) is 0 Å². The van der Waals surface area contributed by atoms with Crippen LogP contribution in [0.15, 0.2) is 28.8 Å². The van der Waals surface area contributed by atoms with Crippen LogP contribution in [-0.2, 0) is 11.3 Å². The fraction of sp³-hybridized carbons (Fsp3) is 0.438. The van der Waals surface area contributed by atoms with Crippen molar-refractivity contribution in [1.82, 2.24) is 19.9 Å². The van der Waals surface area contributed by atoms with Crippen molar-refractivity contribution in [1.29, 1.82) is 0 Å². The van der Waals surface area contributed by atoms with Crippen LogP contribution in [0.3, 0.4) is 0 Å². The predicted molar refractivity (Wildman–Crippen MR) is 90.3 cm³/mol. The third-order valence-corrected chi connectivity index (χ3v) is 4.26. The molecular weight excluding hydrogens is 330 g/mol. The topological polar surface area (TPSA) is 88.5 Å². The van der Waals surface area contributed by atoms with Gasteiger partial charge in [0.1, 0.15) is 0 Å². The van der Waals surface area contributed by atoms with Crippen LogP contribution in [0.5, 0.6) is 0 Å². The fourth-order valence-corrected chi connectivity index (χ4v) is 2.79. The largest absolute Gasteiger partial charge is 0.340 e. The van der Waals surface area contributed by atoms with Gasteiger partial charge in [-0.25, -0.2) is 0 Å². The van der Waals surface area contributed by atoms with Gasteiger partial charge in [0.05, 0.1) is 6.54 Å². The SMILES string of the molecule is NCCC(=O)N1CCN(Cc2nc(-c3ccc(Cl)cc3)no2)CC1. The van der Waals surface area contributed by atoms with Gasteiger partial charge in [-0.05, 0) is 24.3 Å². The Balaban J connectivity index is 1.54. The molecule has 2 aromatic rings. The zero-order valence-corrected chi connectivity index (χ0v) is 14.1. The molecule has 0 radical (unpaired) electrons. The number of aromatic nitrogens is 2. The van der Waals surface area contributed by atoms with Gasteiger partial charge in [0, 0.05) is 49.7 Å². The molecule has 7 nitrogen and oxygen atoms in total. The van der Waals surface area contributed by atoms with Crippen LogP contribution in [0.1, 0.15) is 12.3 Å². The van der Waals surface area contributed by atoms with E-state index in [9.17, 15) is 4.79 Å². The van der Waals surface area contributed by atoms with Crippen molar-refractivity contribution in [2.75, 3.05) is 32.7 Å². The van der Waals surface area contributed by atoms with Crippen LogP contribution in [0.2, 0.25) is 5.02 Å². The van der Waals surface area contributed by atoms with Gasteiger partial charge < -0.3 is 15.2 Å². The van der Waals surface area contributed by atoms with Crippen molar-refractivity contribution < 1.29 is 9.32 Å². The van der Waals surface area contributed by atoms with Crippen molar-refractivity contribution in [2.24, 2.45) is 5.73 Å². The standard InChI is InChI=1S/C16H20ClN5O2/c17-13-3-1-12(2-4-13)16-19-14(24-20-16)11-21-7-9-22(10-8-21)15(23)5-6-18/h1-4H,5-11,18H2. The summed E-state index contributed by atoms with van der Waals surface area (Å²) in [7, 11) is 0. The van der Waals surface area contributed by atoms with Crippen molar-refractivity contribution in [3.8, 4) is 11.4 Å². The van der Waals surface area contributed by atoms with Crippen LogP contribution in [0, 0.1) is 0 Å². The second-order valence-corrected chi connectivity index (χ2v) is 6.15. The van der Waals surface area contributed by atoms with Crippen LogP contribution < -0.4 is 5.73 Å². The predicted octanol–water partition coefficient (Wildman–Crippen LogP) is 1.38. The van der Waals surface area contributed by atoms with Gasteiger partial charge in [0.25, 0.3) is 0 Å². The number of nitrogens with two attached hydrogens (primary N) is 1. The number of carbonyl (C=O) groups is 1. The van der Waals surface area contributed by atoms with Crippen LogP contribution in [-0.4, -0.2) is 58.6 Å². The molecule has 1 aromatic carbocycles. The van der Waals surface area contributed by atoms with E-state index in [0.29, 0.717) is 49.3 Å². The van der Waals surface area contributed by atoms with Crippen LogP contribution in [0.25, 0.3) is 11.4 Å². The van der Waals surface area contributed by atoms with Gasteiger partial charge in [-0.3, -0.25) is 9.69 Å². The molecule has 8 heteroatoms. The van der Waals surface area contributed by atoms with E-state index in [1.807, 2.05) is 17.0 Å². The third kappa shape index (κ3) is 4.11. The number of halogens is 1. The summed E-state index contributed by atoms with van der Waals surface area (Å²) >= 11 is 5.88. The normalized spacial score (nSPS) is 15.7. The summed E-state index contributed by atoms with van der Waals surface area (Å²) in [6.45, 7) is 3.96. The number of amides is 1. The van der Waals surface area contributed by atoms with E-state index in [1.165, 1.54) is 0 Å². The van der Waals surface area contributed by atoms with E-state index in [2.05, 4.69) is 15.0 Å². The molecule has 0 unspecified atom stereocenters. The molecule has 128 valence electrons. The van der Waals surface area contributed by atoms with Crippen molar-refractivity contribution >= 4 is 17.5 Å². The highest BCUT2D eigenvalue weighted by Crippen LogP contribution is 2.19. The number of rotatable bonds is 5. The second kappa shape index (κ2) is 7.74. The van der Waals surface area contributed by atoms with Gasteiger partial charge >= 0.3 is 0 Å². The summed E-state index contributed by atoms with van der Waals surface area (Å²) in [6, 6.07) is 7.31. The Hall–Kier alpha value is -1.96. The van der Waals surface area contributed by atoms with Crippen LogP contribution >= 0.6 is 11.6 Å². The third-order valence-electron chi connectivity index (χ3n) is 4.01. The minimum Gasteiger partial charge on any atom is -0.340 e. The number of hydrogen-bond donors (Lipinski definition) is 1. The summed E-state index contributed by atoms with van der Waals surface area (Å²) in [5.41, 5.74) is 6.30. The Morgan fingerprint density at radius 1 is 1.21 bits per heavy atom. The van der Waals surface area contributed by atoms with E-state index in [1.54, 1.807) is 12.1 Å². The summed E-state index contributed by atoms with van der Waals surface area (Å²) in [6.07, 6.45) is 0.411. The quantitative estimate of drug-likeness (QED) is 0.877. The second-order valence-electron chi connectivity index (χ2n) is 5.71. The van der Waals surface area contributed by atoms with Gasteiger partial charge in [0.15, 0.2) is 0 Å². The molecule has 2 heterocycles. The average Bonchev–Trinajstić information content (AvgIpc) is 3.05. The minimum absolute atomic E-state index is 0.125. The molecule has 1 aromatic heterocycles. The summed E-state index contributed by atoms with van der Waals surface area (Å²) < 4.78 is 5.33. The van der Waals surface area contributed by atoms with Crippen LogP contribution in [0.4, 0.5) is 0 Å². The maximum absolute atomic E-state index is 11.8. The van der Waals surface area contributed by atoms with Gasteiger partial charge in [-0.1, -0.05) is 16.8 Å². The van der Waals surface area contributed by atoms with E-state index in [-0.39, 0.29) is 5.91 Å². The highest BCUT2D eigenvalue weighted by Gasteiger charge is 2.22. The first-order valence-corrected chi connectivity index (χ1v) is 8.32. The Morgan fingerprint density at radius 2 is 1.92 bits per heavy atom. The van der Waals surface area contributed by atoms with Gasteiger partial charge in [0.2, 0.25) is 17.6 Å².